The van der Waals surface area contributed by atoms with E-state index < -0.39 is 0 Å². The maximum atomic E-state index is 10.9. The van der Waals surface area contributed by atoms with Crippen LogP contribution >= 0.6 is 11.8 Å². The first kappa shape index (κ1) is 33.9. The predicted molar refractivity (Wildman–Crippen MR) is 163 cm³/mol. The van der Waals surface area contributed by atoms with E-state index in [0.717, 1.165) is 46.8 Å². The molecule has 0 aliphatic rings. The summed E-state index contributed by atoms with van der Waals surface area (Å²) in [6.07, 6.45) is 8.32. The number of nitrogens with one attached hydrogen (secondary N) is 1. The van der Waals surface area contributed by atoms with Crippen molar-refractivity contribution in [3.05, 3.63) is 90.0 Å². The Morgan fingerprint density at radius 3 is 2.41 bits per heavy atom. The molecule has 0 atom stereocenters. The smallest absolute Gasteiger partial charge is 0.223 e. The molecule has 0 aromatic heterocycles. The van der Waals surface area contributed by atoms with Crippen LogP contribution in [0.4, 0.5) is 0 Å². The van der Waals surface area contributed by atoms with Gasteiger partial charge in [-0.05, 0) is 44.2 Å². The maximum absolute atomic E-state index is 10.9. The number of carbonyl (C=O) groups excluding carboxylic acids is 1. The van der Waals surface area contributed by atoms with Crippen LogP contribution in [-0.2, 0) is 9.53 Å². The summed E-state index contributed by atoms with van der Waals surface area (Å²) in [4.78, 5) is 16.9. The second kappa shape index (κ2) is 22.2. The summed E-state index contributed by atoms with van der Waals surface area (Å²) in [5.74, 6) is 3.71. The van der Waals surface area contributed by atoms with E-state index in [9.17, 15) is 4.79 Å². The van der Waals surface area contributed by atoms with Gasteiger partial charge in [0.05, 0.1) is 12.3 Å². The quantitative estimate of drug-likeness (QED) is 0.0989. The summed E-state index contributed by atoms with van der Waals surface area (Å²) < 4.78 is 5.10. The van der Waals surface area contributed by atoms with Crippen LogP contribution < -0.4 is 5.32 Å². The zero-order valence-electron chi connectivity index (χ0n) is 23.3. The van der Waals surface area contributed by atoms with Crippen LogP contribution in [0.15, 0.2) is 83.2 Å². The van der Waals surface area contributed by atoms with Gasteiger partial charge in [-0.1, -0.05) is 75.3 Å². The Kier molecular flexibility index (Phi) is 20.3. The lowest BCUT2D eigenvalue weighted by Crippen LogP contribution is -2.24. The first-order valence-electron chi connectivity index (χ1n) is 12.9. The van der Waals surface area contributed by atoms with E-state index in [4.69, 9.17) is 16.2 Å². The zero-order valence-corrected chi connectivity index (χ0v) is 24.1. The number of nitrogens with zero attached hydrogens (tertiary/aromatic N) is 1. The molecule has 5 heteroatoms. The highest BCUT2D eigenvalue weighted by Crippen LogP contribution is 2.25. The summed E-state index contributed by atoms with van der Waals surface area (Å²) >= 11 is 1.83. The lowest BCUT2D eigenvalue weighted by molar-refractivity contribution is -0.120. The second-order valence-electron chi connectivity index (χ2n) is 7.67. The summed E-state index contributed by atoms with van der Waals surface area (Å²) in [5.41, 5.74) is 5.16. The van der Waals surface area contributed by atoms with Gasteiger partial charge in [-0.25, -0.2) is 0 Å². The number of rotatable bonds is 13. The summed E-state index contributed by atoms with van der Waals surface area (Å²) in [5, 5.41) is 2.75. The van der Waals surface area contributed by atoms with Crippen molar-refractivity contribution in [2.75, 3.05) is 32.1 Å². The summed E-state index contributed by atoms with van der Waals surface area (Å²) in [7, 11) is 0. The van der Waals surface area contributed by atoms with Crippen molar-refractivity contribution in [1.29, 1.82) is 0 Å². The minimum Gasteiger partial charge on any atom is -0.382 e. The van der Waals surface area contributed by atoms with E-state index in [1.807, 2.05) is 63.7 Å². The number of thioether (sulfide) groups is 1. The Morgan fingerprint density at radius 2 is 1.84 bits per heavy atom. The molecule has 200 valence electrons. The highest BCUT2D eigenvalue weighted by atomic mass is 32.2. The highest BCUT2D eigenvalue weighted by Gasteiger charge is 2.11. The molecule has 0 heterocycles. The van der Waals surface area contributed by atoms with E-state index in [1.54, 1.807) is 6.08 Å². The Labute approximate surface area is 229 Å². The molecule has 2 aromatic carbocycles. The molecule has 4 nitrogen and oxygen atoms in total. The van der Waals surface area contributed by atoms with Crippen LogP contribution in [0.5, 0.6) is 0 Å². The topological polar surface area (TPSA) is 50.7 Å². The number of hydrogen-bond donors (Lipinski definition) is 1. The van der Waals surface area contributed by atoms with Crippen molar-refractivity contribution in [2.45, 2.75) is 52.4 Å². The molecular weight excluding hydrogens is 476 g/mol. The fraction of sp³-hybridized carbons (Fsp3) is 0.375. The molecule has 0 saturated heterocycles. The molecule has 0 radical (unpaired) electrons. The van der Waals surface area contributed by atoms with Crippen molar-refractivity contribution < 1.29 is 9.53 Å². The molecule has 0 aliphatic heterocycles. The third-order valence-electron chi connectivity index (χ3n) is 4.60. The Hall–Kier alpha value is -3.07. The minimum absolute atomic E-state index is 0.0292. The number of carbonyl (C=O) groups is 1. The molecule has 2 aromatic rings. The van der Waals surface area contributed by atoms with Gasteiger partial charge in [-0.15, -0.1) is 24.8 Å². The van der Waals surface area contributed by atoms with Crippen LogP contribution in [0.1, 0.15) is 64.2 Å². The van der Waals surface area contributed by atoms with Crippen LogP contribution in [0.2, 0.25) is 0 Å². The number of benzene rings is 2. The monoisotopic (exact) mass is 520 g/mol. The average Bonchev–Trinajstić information content (AvgIpc) is 2.91. The van der Waals surface area contributed by atoms with Crippen molar-refractivity contribution in [2.24, 2.45) is 4.99 Å². The Bertz CT molecular complexity index is 1000. The van der Waals surface area contributed by atoms with Gasteiger partial charge in [0.15, 0.2) is 0 Å². The van der Waals surface area contributed by atoms with Crippen molar-refractivity contribution in [1.82, 2.24) is 5.32 Å². The second-order valence-corrected chi connectivity index (χ2v) is 8.97. The number of hydrogen-bond acceptors (Lipinski definition) is 4. The fourth-order valence-electron chi connectivity index (χ4n) is 2.96. The fourth-order valence-corrected chi connectivity index (χ4v) is 3.77. The molecule has 0 bridgehead atoms. The van der Waals surface area contributed by atoms with E-state index in [0.29, 0.717) is 26.1 Å². The largest absolute Gasteiger partial charge is 0.382 e. The predicted octanol–water partition coefficient (Wildman–Crippen LogP) is 7.32. The lowest BCUT2D eigenvalue weighted by atomic mass is 10.0. The van der Waals surface area contributed by atoms with E-state index in [2.05, 4.69) is 55.6 Å². The third kappa shape index (κ3) is 14.9. The highest BCUT2D eigenvalue weighted by molar-refractivity contribution is 7.99. The minimum atomic E-state index is 0.0292. The number of ether oxygens (including phenoxy) is 1. The van der Waals surface area contributed by atoms with Gasteiger partial charge in [0.25, 0.3) is 0 Å². The third-order valence-corrected chi connectivity index (χ3v) is 5.55. The molecule has 0 spiro atoms. The van der Waals surface area contributed by atoms with Crippen LogP contribution in [0, 0.1) is 12.3 Å². The first-order chi connectivity index (χ1) is 18.0. The van der Waals surface area contributed by atoms with Crippen LogP contribution in [-0.4, -0.2) is 43.7 Å². The molecule has 2 rings (SSSR count). The normalized spacial score (nSPS) is 10.1. The Balaban J connectivity index is 0.000000786. The molecule has 0 saturated carbocycles. The number of amides is 1. The zero-order chi connectivity index (χ0) is 27.9. The molecule has 0 aliphatic carbocycles. The maximum Gasteiger partial charge on any atom is 0.223 e. The molecule has 0 fully saturated rings. The Morgan fingerprint density at radius 1 is 1.16 bits per heavy atom. The molecule has 0 unspecified atom stereocenters. The van der Waals surface area contributed by atoms with Gasteiger partial charge >= 0.3 is 0 Å². The standard InChI is InChI=1S/C21H21NS.C9H17NO2.C2H6/c1-5-17-11-13-18(14-12-17)21(22-15-16(3)4)19-9-7-8-10-20(19)23-6-2;1-3-6-9(11)10-7-5-8-12-4-2;1-2/h1,7-14H,3,6,15H2,2,4H3;3H,1,4-8H2,2H3,(H,10,11);1-2H3. The average molecular weight is 521 g/mol. The van der Waals surface area contributed by atoms with Gasteiger partial charge in [0.1, 0.15) is 0 Å². The van der Waals surface area contributed by atoms with Gasteiger partial charge in [0.2, 0.25) is 5.91 Å². The summed E-state index contributed by atoms with van der Waals surface area (Å²) in [6, 6.07) is 16.4. The van der Waals surface area contributed by atoms with Crippen molar-refractivity contribution in [3.8, 4) is 12.3 Å². The van der Waals surface area contributed by atoms with Crippen molar-refractivity contribution in [3.63, 3.8) is 0 Å². The molecule has 1 N–H and O–H groups in total. The molecular formula is C32H44N2O2S. The number of aliphatic imine (C=N–C) groups is 1. The van der Waals surface area contributed by atoms with Crippen molar-refractivity contribution >= 4 is 23.4 Å². The molecule has 1 amide bonds. The van der Waals surface area contributed by atoms with Crippen LogP contribution in [0.25, 0.3) is 0 Å². The van der Waals surface area contributed by atoms with E-state index >= 15 is 0 Å². The van der Waals surface area contributed by atoms with Gasteiger partial charge in [-0.2, -0.15) is 0 Å². The molecule has 37 heavy (non-hydrogen) atoms. The van der Waals surface area contributed by atoms with Gasteiger partial charge in [-0.3, -0.25) is 9.79 Å². The van der Waals surface area contributed by atoms with Gasteiger partial charge < -0.3 is 10.1 Å². The van der Waals surface area contributed by atoms with E-state index in [1.165, 1.54) is 4.90 Å². The van der Waals surface area contributed by atoms with E-state index in [-0.39, 0.29) is 5.91 Å². The van der Waals surface area contributed by atoms with Crippen LogP contribution in [0.3, 0.4) is 0 Å². The lowest BCUT2D eigenvalue weighted by Gasteiger charge is -2.12. The summed E-state index contributed by atoms with van der Waals surface area (Å²) in [6.45, 7) is 20.3. The number of terminal acetylenes is 1. The first-order valence-corrected chi connectivity index (χ1v) is 13.9. The van der Waals surface area contributed by atoms with Gasteiger partial charge in [0, 0.05) is 47.8 Å². The SMILES string of the molecule is C#Cc1ccc(C(=NCC(=C)C)c2ccccc2SCC)cc1.C=CCC(=O)NCCCOCC.CC.